The SMILES string of the molecule is Cc1ccc(-c2cccc3nn(C)cc23)cc1C(=O)O. The minimum atomic E-state index is -0.900. The second-order valence-corrected chi connectivity index (χ2v) is 4.88. The number of fused-ring (bicyclic) bond motifs is 1. The van der Waals surface area contributed by atoms with Crippen molar-refractivity contribution in [2.24, 2.45) is 7.05 Å². The van der Waals surface area contributed by atoms with E-state index in [2.05, 4.69) is 5.10 Å². The summed E-state index contributed by atoms with van der Waals surface area (Å²) in [5.74, 6) is -0.900. The van der Waals surface area contributed by atoms with Crippen LogP contribution in [0.15, 0.2) is 42.6 Å². The molecular weight excluding hydrogens is 252 g/mol. The molecule has 1 aromatic heterocycles. The van der Waals surface area contributed by atoms with Crippen molar-refractivity contribution in [1.29, 1.82) is 0 Å². The quantitative estimate of drug-likeness (QED) is 0.774. The number of nitrogens with zero attached hydrogens (tertiary/aromatic N) is 2. The van der Waals surface area contributed by atoms with Gasteiger partial charge in [-0.15, -0.1) is 0 Å². The highest BCUT2D eigenvalue weighted by atomic mass is 16.4. The Bertz CT molecular complexity index is 818. The summed E-state index contributed by atoms with van der Waals surface area (Å²) < 4.78 is 1.76. The Labute approximate surface area is 116 Å². The van der Waals surface area contributed by atoms with E-state index >= 15 is 0 Å². The first-order valence-electron chi connectivity index (χ1n) is 6.33. The number of carboxylic acids is 1. The minimum absolute atomic E-state index is 0.336. The first-order valence-corrected chi connectivity index (χ1v) is 6.33. The first-order chi connectivity index (χ1) is 9.56. The summed E-state index contributed by atoms with van der Waals surface area (Å²) >= 11 is 0. The Kier molecular flexibility index (Phi) is 2.79. The lowest BCUT2D eigenvalue weighted by molar-refractivity contribution is 0.0696. The molecule has 100 valence electrons. The summed E-state index contributed by atoms with van der Waals surface area (Å²) in [6, 6.07) is 11.4. The van der Waals surface area contributed by atoms with Gasteiger partial charge >= 0.3 is 5.97 Å². The van der Waals surface area contributed by atoms with Crippen LogP contribution in [0.3, 0.4) is 0 Å². The first kappa shape index (κ1) is 12.4. The fraction of sp³-hybridized carbons (Fsp3) is 0.125. The number of carboxylic acid groups (broad SMARTS) is 1. The Hall–Kier alpha value is -2.62. The van der Waals surface area contributed by atoms with Crippen LogP contribution in [0.1, 0.15) is 15.9 Å². The summed E-state index contributed by atoms with van der Waals surface area (Å²) in [6.07, 6.45) is 1.95. The molecule has 0 amide bonds. The predicted octanol–water partition coefficient (Wildman–Crippen LogP) is 3.25. The van der Waals surface area contributed by atoms with Crippen LogP contribution >= 0.6 is 0 Å². The maximum Gasteiger partial charge on any atom is 0.335 e. The molecule has 2 aromatic carbocycles. The summed E-state index contributed by atoms with van der Waals surface area (Å²) in [7, 11) is 1.88. The highest BCUT2D eigenvalue weighted by Crippen LogP contribution is 2.29. The van der Waals surface area contributed by atoms with Crippen molar-refractivity contribution in [3.63, 3.8) is 0 Å². The number of hydrogen-bond donors (Lipinski definition) is 1. The fourth-order valence-electron chi connectivity index (χ4n) is 2.43. The molecule has 0 aliphatic heterocycles. The van der Waals surface area contributed by atoms with Crippen LogP contribution < -0.4 is 0 Å². The van der Waals surface area contributed by atoms with Gasteiger partial charge in [0.15, 0.2) is 0 Å². The van der Waals surface area contributed by atoms with Crippen molar-refractivity contribution < 1.29 is 9.90 Å². The standard InChI is InChI=1S/C16H14N2O2/c1-10-6-7-11(8-13(10)16(19)20)12-4-3-5-15-14(12)9-18(2)17-15/h3-9H,1-2H3,(H,19,20). The third-order valence-corrected chi connectivity index (χ3v) is 3.44. The normalized spacial score (nSPS) is 10.9. The van der Waals surface area contributed by atoms with Gasteiger partial charge in [-0.25, -0.2) is 4.79 Å². The summed E-state index contributed by atoms with van der Waals surface area (Å²) in [5, 5.41) is 14.6. The van der Waals surface area contributed by atoms with Gasteiger partial charge < -0.3 is 5.11 Å². The van der Waals surface area contributed by atoms with E-state index < -0.39 is 5.97 Å². The molecule has 4 heteroatoms. The minimum Gasteiger partial charge on any atom is -0.478 e. The molecule has 1 heterocycles. The van der Waals surface area contributed by atoms with Crippen LogP contribution in [0.2, 0.25) is 0 Å². The molecule has 0 bridgehead atoms. The van der Waals surface area contributed by atoms with Gasteiger partial charge in [0, 0.05) is 18.6 Å². The van der Waals surface area contributed by atoms with Crippen molar-refractivity contribution in [2.75, 3.05) is 0 Å². The van der Waals surface area contributed by atoms with E-state index in [9.17, 15) is 9.90 Å². The molecular formula is C16H14N2O2. The second-order valence-electron chi connectivity index (χ2n) is 4.88. The monoisotopic (exact) mass is 266 g/mol. The molecule has 0 radical (unpaired) electrons. The molecule has 20 heavy (non-hydrogen) atoms. The lowest BCUT2D eigenvalue weighted by Crippen LogP contribution is -1.99. The van der Waals surface area contributed by atoms with Gasteiger partial charge in [0.05, 0.1) is 11.1 Å². The third kappa shape index (κ3) is 1.95. The van der Waals surface area contributed by atoms with E-state index in [1.54, 1.807) is 17.7 Å². The number of carbonyl (C=O) groups is 1. The van der Waals surface area contributed by atoms with Crippen molar-refractivity contribution >= 4 is 16.9 Å². The summed E-state index contributed by atoms with van der Waals surface area (Å²) in [4.78, 5) is 11.3. The molecule has 0 saturated heterocycles. The van der Waals surface area contributed by atoms with Crippen molar-refractivity contribution in [3.8, 4) is 11.1 Å². The highest BCUT2D eigenvalue weighted by Gasteiger charge is 2.11. The molecule has 4 nitrogen and oxygen atoms in total. The van der Waals surface area contributed by atoms with Crippen LogP contribution in [-0.4, -0.2) is 20.9 Å². The predicted molar refractivity (Wildman–Crippen MR) is 77.8 cm³/mol. The van der Waals surface area contributed by atoms with E-state index in [-0.39, 0.29) is 0 Å². The molecule has 0 aliphatic carbocycles. The van der Waals surface area contributed by atoms with E-state index in [0.29, 0.717) is 5.56 Å². The molecule has 0 unspecified atom stereocenters. The number of aromatic carboxylic acids is 1. The Balaban J connectivity index is 2.25. The summed E-state index contributed by atoms with van der Waals surface area (Å²) in [6.45, 7) is 1.80. The van der Waals surface area contributed by atoms with Gasteiger partial charge in [-0.05, 0) is 35.7 Å². The number of benzene rings is 2. The molecule has 0 aliphatic rings. The number of aryl methyl sites for hydroxylation is 2. The van der Waals surface area contributed by atoms with Gasteiger partial charge in [-0.1, -0.05) is 24.3 Å². The Morgan fingerprint density at radius 3 is 2.80 bits per heavy atom. The topological polar surface area (TPSA) is 55.1 Å². The van der Waals surface area contributed by atoms with E-state index in [1.165, 1.54) is 0 Å². The molecule has 0 saturated carbocycles. The second kappa shape index (κ2) is 4.49. The molecule has 0 atom stereocenters. The van der Waals surface area contributed by atoms with Crippen molar-refractivity contribution in [3.05, 3.63) is 53.7 Å². The Morgan fingerprint density at radius 1 is 1.25 bits per heavy atom. The van der Waals surface area contributed by atoms with Crippen LogP contribution in [-0.2, 0) is 7.05 Å². The zero-order chi connectivity index (χ0) is 14.3. The van der Waals surface area contributed by atoms with Crippen LogP contribution in [0.4, 0.5) is 0 Å². The van der Waals surface area contributed by atoms with E-state index in [1.807, 2.05) is 43.6 Å². The fourth-order valence-corrected chi connectivity index (χ4v) is 2.43. The maximum absolute atomic E-state index is 11.3. The molecule has 0 spiro atoms. The molecule has 0 fully saturated rings. The number of aromatic nitrogens is 2. The van der Waals surface area contributed by atoms with Crippen molar-refractivity contribution in [1.82, 2.24) is 9.78 Å². The van der Waals surface area contributed by atoms with Crippen LogP contribution in [0, 0.1) is 6.92 Å². The zero-order valence-corrected chi connectivity index (χ0v) is 11.3. The van der Waals surface area contributed by atoms with Gasteiger partial charge in [0.2, 0.25) is 0 Å². The number of hydrogen-bond acceptors (Lipinski definition) is 2. The smallest absolute Gasteiger partial charge is 0.335 e. The molecule has 3 aromatic rings. The molecule has 3 rings (SSSR count). The third-order valence-electron chi connectivity index (χ3n) is 3.44. The van der Waals surface area contributed by atoms with Gasteiger partial charge in [-0.3, -0.25) is 4.68 Å². The lowest BCUT2D eigenvalue weighted by atomic mass is 9.97. The summed E-state index contributed by atoms with van der Waals surface area (Å²) in [5.41, 5.74) is 3.90. The average Bonchev–Trinajstić information content (AvgIpc) is 2.79. The highest BCUT2D eigenvalue weighted by molar-refractivity contribution is 5.97. The van der Waals surface area contributed by atoms with Crippen LogP contribution in [0.25, 0.3) is 22.0 Å². The van der Waals surface area contributed by atoms with E-state index in [4.69, 9.17) is 0 Å². The Morgan fingerprint density at radius 2 is 2.05 bits per heavy atom. The van der Waals surface area contributed by atoms with Gasteiger partial charge in [-0.2, -0.15) is 5.10 Å². The average molecular weight is 266 g/mol. The van der Waals surface area contributed by atoms with Crippen LogP contribution in [0.5, 0.6) is 0 Å². The van der Waals surface area contributed by atoms with Gasteiger partial charge in [0.1, 0.15) is 0 Å². The zero-order valence-electron chi connectivity index (χ0n) is 11.3. The van der Waals surface area contributed by atoms with Crippen molar-refractivity contribution in [2.45, 2.75) is 6.92 Å². The van der Waals surface area contributed by atoms with Gasteiger partial charge in [0.25, 0.3) is 0 Å². The molecule has 1 N–H and O–H groups in total. The lowest BCUT2D eigenvalue weighted by Gasteiger charge is -2.07. The largest absolute Gasteiger partial charge is 0.478 e. The number of rotatable bonds is 2. The maximum atomic E-state index is 11.3. The van der Waals surface area contributed by atoms with E-state index in [0.717, 1.165) is 27.6 Å².